The average molecular weight is 497 g/mol. The Morgan fingerprint density at radius 3 is 2.84 bits per heavy atom. The van der Waals surface area contributed by atoms with Gasteiger partial charge in [-0.1, -0.05) is 28.1 Å². The predicted molar refractivity (Wildman–Crippen MR) is 117 cm³/mol. The highest BCUT2D eigenvalue weighted by Crippen LogP contribution is 2.45. The van der Waals surface area contributed by atoms with E-state index in [0.29, 0.717) is 23.5 Å². The van der Waals surface area contributed by atoms with Gasteiger partial charge in [0, 0.05) is 34.9 Å². The highest BCUT2D eigenvalue weighted by Gasteiger charge is 2.53. The summed E-state index contributed by atoms with van der Waals surface area (Å²) in [4.78, 5) is 43.3. The van der Waals surface area contributed by atoms with Crippen LogP contribution in [0.25, 0.3) is 0 Å². The molecule has 14 heteroatoms. The number of carboxylic acids is 1. The number of carbonyl (C=O) groups is 3. The van der Waals surface area contributed by atoms with Crippen LogP contribution in [0.5, 0.6) is 0 Å². The normalized spacial score (nSPS) is 20.8. The lowest BCUT2D eigenvalue weighted by Crippen LogP contribution is -2.63. The van der Waals surface area contributed by atoms with Crippen LogP contribution in [0.2, 0.25) is 4.34 Å². The molecule has 4 heterocycles. The van der Waals surface area contributed by atoms with Gasteiger partial charge in [-0.3, -0.25) is 14.7 Å². The van der Waals surface area contributed by atoms with Crippen molar-refractivity contribution in [1.29, 1.82) is 0 Å². The molecule has 0 radical (unpaired) electrons. The van der Waals surface area contributed by atoms with E-state index in [0.717, 1.165) is 16.9 Å². The summed E-state index contributed by atoms with van der Waals surface area (Å²) < 4.78 is 0.0956. The minimum absolute atomic E-state index is 0.0435. The number of fused-ring (bicyclic) bond motifs is 1. The second-order valence-electron chi connectivity index (χ2n) is 7.14. The van der Waals surface area contributed by atoms with Crippen molar-refractivity contribution in [2.75, 3.05) is 5.73 Å². The van der Waals surface area contributed by atoms with Crippen LogP contribution in [-0.2, 0) is 20.1 Å². The molecule has 2 atom stereocenters. The van der Waals surface area contributed by atoms with E-state index in [9.17, 15) is 24.7 Å². The van der Waals surface area contributed by atoms with Gasteiger partial charge < -0.3 is 20.9 Å². The van der Waals surface area contributed by atoms with E-state index in [4.69, 9.17) is 17.3 Å². The Kier molecular flexibility index (Phi) is 6.22. The molecular formula is C18H17ClN6O5S2. The summed E-state index contributed by atoms with van der Waals surface area (Å²) in [6, 6.07) is -0.424. The van der Waals surface area contributed by atoms with Crippen molar-refractivity contribution in [3.63, 3.8) is 0 Å². The van der Waals surface area contributed by atoms with E-state index in [-0.39, 0.29) is 33.0 Å². The van der Waals surface area contributed by atoms with E-state index in [1.807, 2.05) is 0 Å². The van der Waals surface area contributed by atoms with Gasteiger partial charge in [-0.2, -0.15) is 5.10 Å². The molecule has 2 aliphatic heterocycles. The molecule has 0 spiro atoms. The van der Waals surface area contributed by atoms with E-state index < -0.39 is 29.6 Å². The van der Waals surface area contributed by atoms with E-state index in [1.165, 1.54) is 16.7 Å². The number of ketones is 1. The summed E-state index contributed by atoms with van der Waals surface area (Å²) in [5.74, 6) is -2.47. The van der Waals surface area contributed by atoms with Crippen LogP contribution in [0, 0.1) is 5.92 Å². The third kappa shape index (κ3) is 3.98. The largest absolute Gasteiger partial charge is 0.477 e. The molecule has 0 saturated carbocycles. The van der Waals surface area contributed by atoms with Gasteiger partial charge in [0.05, 0.1) is 12.1 Å². The summed E-state index contributed by atoms with van der Waals surface area (Å²) in [5.41, 5.74) is 6.02. The van der Waals surface area contributed by atoms with E-state index in [2.05, 4.69) is 20.3 Å². The second-order valence-corrected chi connectivity index (χ2v) is 9.85. The smallest absolute Gasteiger partial charge is 0.353 e. The zero-order chi connectivity index (χ0) is 23.0. The lowest BCUT2D eigenvalue weighted by atomic mass is 9.77. The number of anilines is 1. The Bertz CT molecular complexity index is 1140. The summed E-state index contributed by atoms with van der Waals surface area (Å²) in [5, 5.41) is 28.7. The number of aromatic nitrogens is 3. The maximum Gasteiger partial charge on any atom is 0.353 e. The van der Waals surface area contributed by atoms with Gasteiger partial charge in [0.25, 0.3) is 0 Å². The summed E-state index contributed by atoms with van der Waals surface area (Å²) in [7, 11) is 0. The molecule has 11 nitrogen and oxygen atoms in total. The van der Waals surface area contributed by atoms with Gasteiger partial charge in [-0.25, -0.2) is 9.78 Å². The Hall–Kier alpha value is -2.90. The van der Waals surface area contributed by atoms with Gasteiger partial charge in [-0.05, 0) is 12.8 Å². The monoisotopic (exact) mass is 496 g/mol. The average Bonchev–Trinajstić information content (AvgIpc) is 3.39. The number of amides is 1. The quantitative estimate of drug-likeness (QED) is 0.184. The molecule has 2 aliphatic rings. The fraction of sp³-hybridized carbons (Fsp3) is 0.333. The highest BCUT2D eigenvalue weighted by molar-refractivity contribution is 8.02. The number of hydrogen-bond donors (Lipinski definition) is 4. The minimum Gasteiger partial charge on any atom is -0.477 e. The van der Waals surface area contributed by atoms with E-state index >= 15 is 0 Å². The van der Waals surface area contributed by atoms with Crippen molar-refractivity contribution >= 4 is 63.2 Å². The number of nitrogens with two attached hydrogens (primary N) is 1. The number of thiazole rings is 1. The first kappa shape index (κ1) is 22.3. The predicted octanol–water partition coefficient (Wildman–Crippen LogP) is 2.09. The number of rotatable bonds is 8. The van der Waals surface area contributed by atoms with Crippen molar-refractivity contribution in [1.82, 2.24) is 20.1 Å². The molecule has 4 rings (SSSR count). The number of aromatic amines is 1. The molecule has 2 aromatic rings. The number of H-pyrrole nitrogens is 1. The second kappa shape index (κ2) is 8.92. The molecule has 2 unspecified atom stereocenters. The Balaban J connectivity index is 1.49. The maximum absolute atomic E-state index is 12.8. The number of halogens is 1. The summed E-state index contributed by atoms with van der Waals surface area (Å²) in [6.45, 7) is 0. The molecule has 5 N–H and O–H groups in total. The van der Waals surface area contributed by atoms with Crippen LogP contribution in [0.3, 0.4) is 0 Å². The molecule has 1 amide bonds. The molecule has 32 heavy (non-hydrogen) atoms. The molecule has 168 valence electrons. The first-order chi connectivity index (χ1) is 15.3. The molecule has 0 bridgehead atoms. The number of nitrogens with zero attached hydrogens (tertiary/aromatic N) is 4. The Morgan fingerprint density at radius 2 is 2.25 bits per heavy atom. The SMILES string of the molecule is Nc1nc(/C(=N\O)C(=O)CC2C(=O)N3C(C(=O)O)=C(SCc4cn[nH]c4)CCC23)c(Cl)s1. The highest BCUT2D eigenvalue weighted by atomic mass is 35.5. The van der Waals surface area contributed by atoms with Crippen LogP contribution in [0.4, 0.5) is 5.13 Å². The lowest BCUT2D eigenvalue weighted by Gasteiger charge is -2.50. The van der Waals surface area contributed by atoms with Crippen LogP contribution in [-0.4, -0.2) is 59.8 Å². The van der Waals surface area contributed by atoms with E-state index in [1.54, 1.807) is 12.4 Å². The molecule has 2 aromatic heterocycles. The number of nitrogens with one attached hydrogen (secondary N) is 1. The van der Waals surface area contributed by atoms with Crippen molar-refractivity contribution in [3.8, 4) is 0 Å². The Morgan fingerprint density at radius 1 is 1.47 bits per heavy atom. The van der Waals surface area contributed by atoms with Crippen molar-refractivity contribution in [2.45, 2.75) is 31.1 Å². The van der Waals surface area contributed by atoms with Crippen molar-refractivity contribution < 1.29 is 24.7 Å². The van der Waals surface area contributed by atoms with Gasteiger partial charge in [-0.15, -0.1) is 11.8 Å². The lowest BCUT2D eigenvalue weighted by molar-refractivity contribution is -0.159. The Labute approximate surface area is 194 Å². The number of carbonyl (C=O) groups excluding carboxylic acids is 2. The third-order valence-electron chi connectivity index (χ3n) is 5.29. The number of allylic oxidation sites excluding steroid dienone is 1. The van der Waals surface area contributed by atoms with Gasteiger partial charge >= 0.3 is 5.97 Å². The fourth-order valence-electron chi connectivity index (χ4n) is 3.85. The van der Waals surface area contributed by atoms with Crippen LogP contribution in [0.1, 0.15) is 30.5 Å². The number of β-lactam (4-membered cyclic amide) rings is 1. The minimum atomic E-state index is -1.19. The zero-order valence-electron chi connectivity index (χ0n) is 16.3. The first-order valence-electron chi connectivity index (χ1n) is 9.39. The van der Waals surface area contributed by atoms with Crippen LogP contribution in [0.15, 0.2) is 28.2 Å². The first-order valence-corrected chi connectivity index (χ1v) is 11.6. The zero-order valence-corrected chi connectivity index (χ0v) is 18.7. The number of aliphatic carboxylic acids is 1. The number of nitrogen functional groups attached to an aromatic ring is 1. The molecule has 0 aliphatic carbocycles. The van der Waals surface area contributed by atoms with Crippen LogP contribution < -0.4 is 5.73 Å². The standard InChI is InChI=1S/C18H17ClN6O5S2/c19-15-13(23-18(20)32-15)12(24-30)10(26)3-8-9-1-2-11(31-6-7-4-21-22-5-7)14(17(28)29)25(9)16(8)27/h4-5,8-9,30H,1-3,6H2,(H2,20,23)(H,21,22)(H,28,29)/b24-12-. The van der Waals surface area contributed by atoms with Gasteiger partial charge in [0.2, 0.25) is 5.91 Å². The number of hydrogen-bond acceptors (Lipinski definition) is 10. The number of carboxylic acid groups (broad SMARTS) is 1. The number of oxime groups is 1. The maximum atomic E-state index is 12.8. The number of Topliss-reactive ketones (excluding diaryl/α,β-unsaturated/α-hetero) is 1. The van der Waals surface area contributed by atoms with Crippen LogP contribution >= 0.6 is 34.7 Å². The molecule has 1 saturated heterocycles. The van der Waals surface area contributed by atoms with Gasteiger partial charge in [0.15, 0.2) is 16.6 Å². The fourth-order valence-corrected chi connectivity index (χ4v) is 5.86. The topological polar surface area (TPSA) is 175 Å². The van der Waals surface area contributed by atoms with Crippen molar-refractivity contribution in [2.24, 2.45) is 11.1 Å². The van der Waals surface area contributed by atoms with Crippen molar-refractivity contribution in [3.05, 3.63) is 38.6 Å². The summed E-state index contributed by atoms with van der Waals surface area (Å²) >= 11 is 8.28. The molecule has 0 aromatic carbocycles. The van der Waals surface area contributed by atoms with Gasteiger partial charge in [0.1, 0.15) is 15.7 Å². The third-order valence-corrected chi connectivity index (χ3v) is 7.60. The summed E-state index contributed by atoms with van der Waals surface area (Å²) in [6.07, 6.45) is 4.11. The molecule has 1 fully saturated rings. The molecular weight excluding hydrogens is 480 g/mol. The number of thioether (sulfide) groups is 1.